The van der Waals surface area contributed by atoms with Gasteiger partial charge in [0.05, 0.1) is 0 Å². The third-order valence-electron chi connectivity index (χ3n) is 5.28. The van der Waals surface area contributed by atoms with Gasteiger partial charge < -0.3 is 10.4 Å². The van der Waals surface area contributed by atoms with Gasteiger partial charge in [0.15, 0.2) is 0 Å². The summed E-state index contributed by atoms with van der Waals surface area (Å²) in [6.07, 6.45) is 12.9. The monoisotopic (exact) mass is 311 g/mol. The number of carboxylic acid groups (broad SMARTS) is 1. The average Bonchev–Trinajstić information content (AvgIpc) is 2.52. The fourth-order valence-electron chi connectivity index (χ4n) is 3.78. The van der Waals surface area contributed by atoms with Crippen molar-refractivity contribution < 1.29 is 9.90 Å². The second-order valence-electron chi connectivity index (χ2n) is 7.33. The number of rotatable bonds is 12. The molecule has 1 saturated carbocycles. The van der Waals surface area contributed by atoms with E-state index in [0.29, 0.717) is 18.3 Å². The van der Waals surface area contributed by atoms with E-state index >= 15 is 0 Å². The van der Waals surface area contributed by atoms with E-state index in [1.807, 2.05) is 0 Å². The van der Waals surface area contributed by atoms with Crippen molar-refractivity contribution in [1.82, 2.24) is 5.32 Å². The summed E-state index contributed by atoms with van der Waals surface area (Å²) < 4.78 is 0. The summed E-state index contributed by atoms with van der Waals surface area (Å²) in [6.45, 7) is 6.79. The standard InChI is InChI=1S/C19H37NO2/c1-3-4-14-20-15-16(2)10-11-18(12-13-19(21)22)17-8-6-5-7-9-17/h16-18,20H,3-15H2,1-2H3,(H,21,22). The molecule has 0 bridgehead atoms. The van der Waals surface area contributed by atoms with Crippen molar-refractivity contribution in [2.24, 2.45) is 17.8 Å². The Morgan fingerprint density at radius 2 is 1.91 bits per heavy atom. The molecular weight excluding hydrogens is 274 g/mol. The molecule has 0 heterocycles. The van der Waals surface area contributed by atoms with Gasteiger partial charge in [0.1, 0.15) is 0 Å². The molecule has 0 radical (unpaired) electrons. The lowest BCUT2D eigenvalue weighted by atomic mass is 9.75. The average molecular weight is 312 g/mol. The molecule has 1 rings (SSSR count). The van der Waals surface area contributed by atoms with Crippen molar-refractivity contribution in [2.75, 3.05) is 13.1 Å². The van der Waals surface area contributed by atoms with Crippen molar-refractivity contribution in [1.29, 1.82) is 0 Å². The van der Waals surface area contributed by atoms with Crippen LogP contribution in [0.4, 0.5) is 0 Å². The van der Waals surface area contributed by atoms with Crippen LogP contribution in [-0.2, 0) is 4.79 Å². The van der Waals surface area contributed by atoms with Crippen molar-refractivity contribution in [3.8, 4) is 0 Å². The number of aliphatic carboxylic acids is 1. The molecule has 130 valence electrons. The van der Waals surface area contributed by atoms with Gasteiger partial charge in [-0.2, -0.15) is 0 Å². The van der Waals surface area contributed by atoms with E-state index in [9.17, 15) is 4.79 Å². The highest BCUT2D eigenvalue weighted by atomic mass is 16.4. The number of carbonyl (C=O) groups is 1. The van der Waals surface area contributed by atoms with Gasteiger partial charge in [-0.05, 0) is 56.5 Å². The molecule has 0 aromatic carbocycles. The normalized spacial score (nSPS) is 19.0. The molecule has 2 N–H and O–H groups in total. The lowest BCUT2D eigenvalue weighted by Crippen LogP contribution is -2.24. The number of hydrogen-bond acceptors (Lipinski definition) is 2. The second-order valence-corrected chi connectivity index (χ2v) is 7.33. The van der Waals surface area contributed by atoms with Crippen LogP contribution in [0.25, 0.3) is 0 Å². The summed E-state index contributed by atoms with van der Waals surface area (Å²) >= 11 is 0. The van der Waals surface area contributed by atoms with Crippen LogP contribution in [0, 0.1) is 17.8 Å². The van der Waals surface area contributed by atoms with Gasteiger partial charge in [-0.1, -0.05) is 52.4 Å². The first-order valence-corrected chi connectivity index (χ1v) is 9.56. The van der Waals surface area contributed by atoms with Crippen LogP contribution in [0.3, 0.4) is 0 Å². The number of nitrogens with one attached hydrogen (secondary N) is 1. The van der Waals surface area contributed by atoms with Crippen molar-refractivity contribution in [2.45, 2.75) is 84.5 Å². The van der Waals surface area contributed by atoms with E-state index in [0.717, 1.165) is 25.4 Å². The van der Waals surface area contributed by atoms with E-state index in [1.165, 1.54) is 57.8 Å². The first kappa shape index (κ1) is 19.5. The van der Waals surface area contributed by atoms with Crippen LogP contribution in [0.1, 0.15) is 84.5 Å². The van der Waals surface area contributed by atoms with E-state index in [-0.39, 0.29) is 0 Å². The minimum absolute atomic E-state index is 0.351. The van der Waals surface area contributed by atoms with Gasteiger partial charge in [0.2, 0.25) is 0 Å². The maximum atomic E-state index is 10.9. The zero-order chi connectivity index (χ0) is 16.2. The first-order valence-electron chi connectivity index (χ1n) is 9.56. The summed E-state index contributed by atoms with van der Waals surface area (Å²) in [5, 5.41) is 12.5. The molecule has 2 atom stereocenters. The second kappa shape index (κ2) is 11.9. The SMILES string of the molecule is CCCCNCC(C)CCC(CCC(=O)O)C1CCCCC1. The van der Waals surface area contributed by atoms with Crippen LogP contribution in [0.5, 0.6) is 0 Å². The molecule has 0 amide bonds. The minimum Gasteiger partial charge on any atom is -0.481 e. The number of unbranched alkanes of at least 4 members (excludes halogenated alkanes) is 1. The molecule has 0 saturated heterocycles. The van der Waals surface area contributed by atoms with E-state index < -0.39 is 5.97 Å². The number of hydrogen-bond donors (Lipinski definition) is 2. The lowest BCUT2D eigenvalue weighted by Gasteiger charge is -2.31. The van der Waals surface area contributed by atoms with Gasteiger partial charge in [-0.3, -0.25) is 4.79 Å². The summed E-state index contributed by atoms with van der Waals surface area (Å²) in [6, 6.07) is 0. The summed E-state index contributed by atoms with van der Waals surface area (Å²) in [5.74, 6) is 1.49. The predicted octanol–water partition coefficient (Wildman–Crippen LogP) is 4.85. The fraction of sp³-hybridized carbons (Fsp3) is 0.947. The Morgan fingerprint density at radius 1 is 1.18 bits per heavy atom. The van der Waals surface area contributed by atoms with Gasteiger partial charge in [-0.15, -0.1) is 0 Å². The van der Waals surface area contributed by atoms with Gasteiger partial charge in [0.25, 0.3) is 0 Å². The zero-order valence-corrected chi connectivity index (χ0v) is 14.8. The van der Waals surface area contributed by atoms with E-state index in [4.69, 9.17) is 5.11 Å². The van der Waals surface area contributed by atoms with Gasteiger partial charge in [0, 0.05) is 6.42 Å². The Hall–Kier alpha value is -0.570. The van der Waals surface area contributed by atoms with Crippen molar-refractivity contribution in [3.05, 3.63) is 0 Å². The molecule has 0 aliphatic heterocycles. The zero-order valence-electron chi connectivity index (χ0n) is 14.8. The van der Waals surface area contributed by atoms with Crippen molar-refractivity contribution in [3.63, 3.8) is 0 Å². The highest BCUT2D eigenvalue weighted by Gasteiger charge is 2.24. The molecule has 22 heavy (non-hydrogen) atoms. The molecule has 3 nitrogen and oxygen atoms in total. The quantitative estimate of drug-likeness (QED) is 0.506. The van der Waals surface area contributed by atoms with Crippen LogP contribution < -0.4 is 5.32 Å². The Kier molecular flexibility index (Phi) is 10.6. The Labute approximate surface area is 137 Å². The maximum Gasteiger partial charge on any atom is 0.303 e. The molecule has 0 aromatic rings. The Balaban J connectivity index is 2.30. The molecule has 1 aliphatic carbocycles. The summed E-state index contributed by atoms with van der Waals surface area (Å²) in [5.41, 5.74) is 0. The highest BCUT2D eigenvalue weighted by molar-refractivity contribution is 5.66. The fourth-order valence-corrected chi connectivity index (χ4v) is 3.78. The summed E-state index contributed by atoms with van der Waals surface area (Å²) in [4.78, 5) is 10.9. The third-order valence-corrected chi connectivity index (χ3v) is 5.28. The van der Waals surface area contributed by atoms with E-state index in [2.05, 4.69) is 19.2 Å². The van der Waals surface area contributed by atoms with E-state index in [1.54, 1.807) is 0 Å². The highest BCUT2D eigenvalue weighted by Crippen LogP contribution is 2.35. The topological polar surface area (TPSA) is 49.3 Å². The lowest BCUT2D eigenvalue weighted by molar-refractivity contribution is -0.137. The maximum absolute atomic E-state index is 10.9. The first-order chi connectivity index (χ1) is 10.6. The predicted molar refractivity (Wildman–Crippen MR) is 93.1 cm³/mol. The Bertz CT molecular complexity index is 287. The van der Waals surface area contributed by atoms with Crippen LogP contribution in [-0.4, -0.2) is 24.2 Å². The Morgan fingerprint density at radius 3 is 2.55 bits per heavy atom. The largest absolute Gasteiger partial charge is 0.481 e. The van der Waals surface area contributed by atoms with Crippen LogP contribution >= 0.6 is 0 Å². The summed E-state index contributed by atoms with van der Waals surface area (Å²) in [7, 11) is 0. The molecule has 1 fully saturated rings. The van der Waals surface area contributed by atoms with Crippen molar-refractivity contribution >= 4 is 5.97 Å². The molecule has 3 heteroatoms. The molecule has 1 aliphatic rings. The third kappa shape index (κ3) is 8.77. The minimum atomic E-state index is -0.630. The van der Waals surface area contributed by atoms with Crippen LogP contribution in [0.2, 0.25) is 0 Å². The smallest absolute Gasteiger partial charge is 0.303 e. The number of carboxylic acids is 1. The molecule has 0 aromatic heterocycles. The molecular formula is C19H37NO2. The van der Waals surface area contributed by atoms with Crippen LogP contribution in [0.15, 0.2) is 0 Å². The molecule has 0 spiro atoms. The van der Waals surface area contributed by atoms with Gasteiger partial charge >= 0.3 is 5.97 Å². The molecule has 2 unspecified atom stereocenters. The van der Waals surface area contributed by atoms with Gasteiger partial charge in [-0.25, -0.2) is 0 Å².